The maximum absolute atomic E-state index is 14.7. The van der Waals surface area contributed by atoms with E-state index in [9.17, 15) is 4.39 Å². The Bertz CT molecular complexity index is 1110. The molecule has 4 aromatic rings. The number of fused-ring (bicyclic) bond motifs is 2. The van der Waals surface area contributed by atoms with E-state index in [2.05, 4.69) is 16.3 Å². The van der Waals surface area contributed by atoms with E-state index < -0.39 is 5.82 Å². The number of halogens is 2. The van der Waals surface area contributed by atoms with E-state index in [0.29, 0.717) is 11.3 Å². The van der Waals surface area contributed by atoms with Gasteiger partial charge in [-0.05, 0) is 42.7 Å². The van der Waals surface area contributed by atoms with Crippen molar-refractivity contribution in [2.24, 2.45) is 0 Å². The molecule has 1 N–H and O–H groups in total. The second-order valence-corrected chi connectivity index (χ2v) is 6.68. The first-order valence-electron chi connectivity index (χ1n) is 8.20. The third kappa shape index (κ3) is 2.19. The molecule has 6 heteroatoms. The van der Waals surface area contributed by atoms with Crippen molar-refractivity contribution < 1.29 is 4.39 Å². The number of nitrogens with one attached hydrogen (secondary N) is 1. The van der Waals surface area contributed by atoms with Crippen molar-refractivity contribution in [3.63, 3.8) is 0 Å². The van der Waals surface area contributed by atoms with Gasteiger partial charge in [-0.15, -0.1) is 0 Å². The molecule has 4 nitrogen and oxygen atoms in total. The highest BCUT2D eigenvalue weighted by atomic mass is 35.5. The lowest BCUT2D eigenvalue weighted by atomic mass is 9.96. The monoisotopic (exact) mass is 352 g/mol. The predicted molar refractivity (Wildman–Crippen MR) is 96.0 cm³/mol. The van der Waals surface area contributed by atoms with Crippen LogP contribution in [0.15, 0.2) is 42.6 Å². The van der Waals surface area contributed by atoms with Crippen LogP contribution in [-0.4, -0.2) is 20.0 Å². The van der Waals surface area contributed by atoms with Gasteiger partial charge in [-0.2, -0.15) is 10.2 Å². The van der Waals surface area contributed by atoms with Crippen molar-refractivity contribution in [2.45, 2.75) is 19.4 Å². The van der Waals surface area contributed by atoms with Crippen LogP contribution in [-0.2, 0) is 13.0 Å². The SMILES string of the molecule is Fc1c(Cl)cccc1-c1nn2c(c1-c1ccc3[nH]ncc3c1)CCC2. The third-order valence-electron chi connectivity index (χ3n) is 4.78. The fourth-order valence-corrected chi connectivity index (χ4v) is 3.78. The van der Waals surface area contributed by atoms with E-state index >= 15 is 0 Å². The lowest BCUT2D eigenvalue weighted by Gasteiger charge is -2.07. The number of rotatable bonds is 2. The summed E-state index contributed by atoms with van der Waals surface area (Å²) in [6.07, 6.45) is 3.79. The highest BCUT2D eigenvalue weighted by Crippen LogP contribution is 2.40. The van der Waals surface area contributed by atoms with Gasteiger partial charge >= 0.3 is 0 Å². The molecule has 0 saturated carbocycles. The summed E-state index contributed by atoms with van der Waals surface area (Å²) in [6, 6.07) is 11.1. The molecule has 3 heterocycles. The minimum atomic E-state index is -0.424. The van der Waals surface area contributed by atoms with Gasteiger partial charge in [0.15, 0.2) is 5.82 Å². The van der Waals surface area contributed by atoms with Crippen LogP contribution in [0.1, 0.15) is 12.1 Å². The smallest absolute Gasteiger partial charge is 0.151 e. The van der Waals surface area contributed by atoms with Crippen LogP contribution >= 0.6 is 11.6 Å². The van der Waals surface area contributed by atoms with E-state index in [-0.39, 0.29) is 5.02 Å². The minimum absolute atomic E-state index is 0.113. The van der Waals surface area contributed by atoms with Gasteiger partial charge < -0.3 is 0 Å². The quantitative estimate of drug-likeness (QED) is 0.561. The summed E-state index contributed by atoms with van der Waals surface area (Å²) in [4.78, 5) is 0. The molecule has 2 aromatic heterocycles. The first-order chi connectivity index (χ1) is 12.2. The second kappa shape index (κ2) is 5.43. The molecule has 0 fully saturated rings. The lowest BCUT2D eigenvalue weighted by molar-refractivity contribution is 0.627. The zero-order valence-electron chi connectivity index (χ0n) is 13.3. The van der Waals surface area contributed by atoms with Crippen molar-refractivity contribution in [1.82, 2.24) is 20.0 Å². The Morgan fingerprint density at radius 1 is 1.20 bits per heavy atom. The zero-order valence-corrected chi connectivity index (χ0v) is 14.0. The normalized spacial score (nSPS) is 13.5. The summed E-state index contributed by atoms with van der Waals surface area (Å²) in [5.41, 5.74) is 5.22. The molecule has 0 aliphatic carbocycles. The number of aryl methyl sites for hydroxylation is 1. The van der Waals surface area contributed by atoms with Gasteiger partial charge in [0.2, 0.25) is 0 Å². The lowest BCUT2D eigenvalue weighted by Crippen LogP contribution is -1.95. The van der Waals surface area contributed by atoms with Crippen molar-refractivity contribution in [3.8, 4) is 22.4 Å². The van der Waals surface area contributed by atoms with Crippen LogP contribution in [0.4, 0.5) is 4.39 Å². The summed E-state index contributed by atoms with van der Waals surface area (Å²) in [6.45, 7) is 0.860. The molecular weight excluding hydrogens is 339 g/mol. The van der Waals surface area contributed by atoms with Crippen LogP contribution in [0.25, 0.3) is 33.3 Å². The molecule has 0 spiro atoms. The fraction of sp³-hybridized carbons (Fsp3) is 0.158. The summed E-state index contributed by atoms with van der Waals surface area (Å²) >= 11 is 6.00. The summed E-state index contributed by atoms with van der Waals surface area (Å²) in [5, 5.41) is 12.9. The van der Waals surface area contributed by atoms with Crippen molar-refractivity contribution in [2.75, 3.05) is 0 Å². The van der Waals surface area contributed by atoms with E-state index in [4.69, 9.17) is 16.7 Å². The number of aromatic nitrogens is 4. The van der Waals surface area contributed by atoms with E-state index in [1.165, 1.54) is 0 Å². The van der Waals surface area contributed by atoms with Crippen LogP contribution in [0.5, 0.6) is 0 Å². The number of hydrogen-bond acceptors (Lipinski definition) is 2. The van der Waals surface area contributed by atoms with Gasteiger partial charge in [-0.3, -0.25) is 9.78 Å². The average Bonchev–Trinajstić information content (AvgIpc) is 3.31. The number of H-pyrrole nitrogens is 1. The van der Waals surface area contributed by atoms with Crippen molar-refractivity contribution in [3.05, 3.63) is 59.1 Å². The Labute approximate surface area is 148 Å². The summed E-state index contributed by atoms with van der Waals surface area (Å²) in [7, 11) is 0. The first-order valence-corrected chi connectivity index (χ1v) is 8.58. The molecular formula is C19H14ClFN4. The maximum atomic E-state index is 14.7. The van der Waals surface area contributed by atoms with Gasteiger partial charge in [0.05, 0.1) is 16.7 Å². The van der Waals surface area contributed by atoms with E-state index in [1.807, 2.05) is 16.8 Å². The molecule has 25 heavy (non-hydrogen) atoms. The molecule has 0 bridgehead atoms. The number of hydrogen-bond donors (Lipinski definition) is 1. The molecule has 2 aromatic carbocycles. The van der Waals surface area contributed by atoms with Gasteiger partial charge in [0.1, 0.15) is 5.69 Å². The second-order valence-electron chi connectivity index (χ2n) is 6.27. The fourth-order valence-electron chi connectivity index (χ4n) is 3.61. The van der Waals surface area contributed by atoms with Crippen LogP contribution in [0.2, 0.25) is 5.02 Å². The minimum Gasteiger partial charge on any atom is -0.278 e. The molecule has 0 atom stereocenters. The Hall–Kier alpha value is -2.66. The van der Waals surface area contributed by atoms with Gasteiger partial charge in [0.25, 0.3) is 0 Å². The van der Waals surface area contributed by atoms with Crippen LogP contribution in [0.3, 0.4) is 0 Å². The van der Waals surface area contributed by atoms with Gasteiger partial charge in [0, 0.05) is 28.8 Å². The topological polar surface area (TPSA) is 46.5 Å². The Kier molecular flexibility index (Phi) is 3.18. The first kappa shape index (κ1) is 14.7. The third-order valence-corrected chi connectivity index (χ3v) is 5.07. The Morgan fingerprint density at radius 3 is 3.04 bits per heavy atom. The van der Waals surface area contributed by atoms with Crippen molar-refractivity contribution in [1.29, 1.82) is 0 Å². The van der Waals surface area contributed by atoms with E-state index in [1.54, 1.807) is 24.4 Å². The van der Waals surface area contributed by atoms with Crippen LogP contribution in [0, 0.1) is 5.82 Å². The summed E-state index contributed by atoms with van der Waals surface area (Å²) < 4.78 is 16.6. The maximum Gasteiger partial charge on any atom is 0.151 e. The van der Waals surface area contributed by atoms with Crippen molar-refractivity contribution >= 4 is 22.5 Å². The average molecular weight is 353 g/mol. The van der Waals surface area contributed by atoms with Crippen LogP contribution < -0.4 is 0 Å². The molecule has 5 rings (SSSR count). The molecule has 1 aliphatic rings. The Balaban J connectivity index is 1.79. The number of aromatic amines is 1. The van der Waals surface area contributed by atoms with Gasteiger partial charge in [-0.25, -0.2) is 4.39 Å². The molecule has 0 radical (unpaired) electrons. The highest BCUT2D eigenvalue weighted by molar-refractivity contribution is 6.31. The number of nitrogens with zero attached hydrogens (tertiary/aromatic N) is 3. The highest BCUT2D eigenvalue weighted by Gasteiger charge is 2.25. The molecule has 0 amide bonds. The Morgan fingerprint density at radius 2 is 2.12 bits per heavy atom. The molecule has 124 valence electrons. The van der Waals surface area contributed by atoms with E-state index in [0.717, 1.165) is 47.1 Å². The van der Waals surface area contributed by atoms with Gasteiger partial charge in [-0.1, -0.05) is 23.7 Å². The number of benzene rings is 2. The largest absolute Gasteiger partial charge is 0.278 e. The molecule has 1 aliphatic heterocycles. The predicted octanol–water partition coefficient (Wildman–Crippen LogP) is 4.83. The summed E-state index contributed by atoms with van der Waals surface area (Å²) in [5.74, 6) is -0.424. The zero-order chi connectivity index (χ0) is 17.0. The molecule has 0 unspecified atom stereocenters. The molecule has 0 saturated heterocycles. The standard InChI is InChI=1S/C19H14ClFN4/c20-14-4-1-3-13(18(14)21)19-17(16-5-2-8-25(16)24-19)11-6-7-15-12(9-11)10-22-23-15/h1,3-4,6-7,9-10H,2,5,8H2,(H,22,23).